The quantitative estimate of drug-likeness (QED) is 0.746. The second kappa shape index (κ2) is 7.65. The normalized spacial score (nSPS) is 10.3. The van der Waals surface area contributed by atoms with Gasteiger partial charge in [-0.05, 0) is 48.5 Å². The minimum absolute atomic E-state index is 0.0249. The number of carbonyl (C=O) groups excluding carboxylic acids is 2. The van der Waals surface area contributed by atoms with Crippen molar-refractivity contribution < 1.29 is 14.0 Å². The Morgan fingerprint density at radius 2 is 1.56 bits per heavy atom. The third kappa shape index (κ3) is 3.77. The van der Waals surface area contributed by atoms with E-state index in [0.29, 0.717) is 11.4 Å². The fourth-order valence-electron chi connectivity index (χ4n) is 2.55. The smallest absolute Gasteiger partial charge is 0.267 e. The number of hydrogen-bond donors (Lipinski definition) is 2. The van der Waals surface area contributed by atoms with Gasteiger partial charge in [-0.3, -0.25) is 19.0 Å². The van der Waals surface area contributed by atoms with Gasteiger partial charge in [0.2, 0.25) is 0 Å². The standard InChI is InChI=1S/C20H16FN3O3/c1-22-18(25)16-6-4-12-24(20(16)27)14-10-8-13(9-11-14)23-19(26)15-5-2-3-7-17(15)21/h2-12H,1H3,(H,22,25)(H,23,26). The summed E-state index contributed by atoms with van der Waals surface area (Å²) >= 11 is 0. The molecular weight excluding hydrogens is 349 g/mol. The number of benzene rings is 2. The summed E-state index contributed by atoms with van der Waals surface area (Å²) in [5.74, 6) is -1.65. The Kier molecular flexibility index (Phi) is 5.12. The summed E-state index contributed by atoms with van der Waals surface area (Å²) in [6.45, 7) is 0. The van der Waals surface area contributed by atoms with Gasteiger partial charge in [-0.25, -0.2) is 4.39 Å². The van der Waals surface area contributed by atoms with Gasteiger partial charge in [0, 0.05) is 24.6 Å². The van der Waals surface area contributed by atoms with Gasteiger partial charge in [0.15, 0.2) is 0 Å². The van der Waals surface area contributed by atoms with E-state index in [1.807, 2.05) is 0 Å². The summed E-state index contributed by atoms with van der Waals surface area (Å²) in [5.41, 5.74) is 0.477. The SMILES string of the molecule is CNC(=O)c1cccn(-c2ccc(NC(=O)c3ccccc3F)cc2)c1=O. The van der Waals surface area contributed by atoms with E-state index >= 15 is 0 Å². The number of halogens is 1. The largest absolute Gasteiger partial charge is 0.355 e. The third-order valence-electron chi connectivity index (χ3n) is 3.94. The van der Waals surface area contributed by atoms with Crippen LogP contribution in [0.1, 0.15) is 20.7 Å². The van der Waals surface area contributed by atoms with Crippen LogP contribution in [0.4, 0.5) is 10.1 Å². The van der Waals surface area contributed by atoms with E-state index in [1.165, 1.54) is 35.9 Å². The molecule has 0 fully saturated rings. The molecule has 136 valence electrons. The highest BCUT2D eigenvalue weighted by molar-refractivity contribution is 6.04. The Morgan fingerprint density at radius 1 is 0.889 bits per heavy atom. The number of rotatable bonds is 4. The molecule has 2 amide bonds. The van der Waals surface area contributed by atoms with E-state index in [9.17, 15) is 18.8 Å². The topological polar surface area (TPSA) is 80.2 Å². The molecule has 3 rings (SSSR count). The molecule has 2 N–H and O–H groups in total. The van der Waals surface area contributed by atoms with Crippen molar-refractivity contribution in [2.24, 2.45) is 0 Å². The lowest BCUT2D eigenvalue weighted by Gasteiger charge is -2.10. The van der Waals surface area contributed by atoms with Crippen molar-refractivity contribution in [1.29, 1.82) is 0 Å². The van der Waals surface area contributed by atoms with Crippen molar-refractivity contribution in [2.75, 3.05) is 12.4 Å². The molecule has 3 aromatic rings. The second-order valence-corrected chi connectivity index (χ2v) is 5.66. The predicted octanol–water partition coefficient (Wildman–Crippen LogP) is 2.59. The molecule has 0 aliphatic carbocycles. The van der Waals surface area contributed by atoms with Gasteiger partial charge in [0.1, 0.15) is 11.4 Å². The lowest BCUT2D eigenvalue weighted by molar-refractivity contribution is 0.0960. The second-order valence-electron chi connectivity index (χ2n) is 5.66. The fraction of sp³-hybridized carbons (Fsp3) is 0.0500. The average molecular weight is 365 g/mol. The summed E-state index contributed by atoms with van der Waals surface area (Å²) in [6, 6.07) is 15.1. The van der Waals surface area contributed by atoms with Crippen LogP contribution in [0.25, 0.3) is 5.69 Å². The van der Waals surface area contributed by atoms with Gasteiger partial charge in [-0.15, -0.1) is 0 Å². The Bertz CT molecular complexity index is 1060. The van der Waals surface area contributed by atoms with Crippen LogP contribution in [0, 0.1) is 5.82 Å². The van der Waals surface area contributed by atoms with E-state index < -0.39 is 23.2 Å². The first kappa shape index (κ1) is 18.1. The van der Waals surface area contributed by atoms with Crippen molar-refractivity contribution in [2.45, 2.75) is 0 Å². The number of nitrogens with zero attached hydrogens (tertiary/aromatic N) is 1. The molecule has 6 nitrogen and oxygen atoms in total. The van der Waals surface area contributed by atoms with Gasteiger partial charge >= 0.3 is 0 Å². The fourth-order valence-corrected chi connectivity index (χ4v) is 2.55. The first-order valence-corrected chi connectivity index (χ1v) is 8.11. The number of nitrogens with one attached hydrogen (secondary N) is 2. The highest BCUT2D eigenvalue weighted by Crippen LogP contribution is 2.15. The lowest BCUT2D eigenvalue weighted by atomic mass is 10.2. The van der Waals surface area contributed by atoms with Crippen LogP contribution in [-0.4, -0.2) is 23.4 Å². The van der Waals surface area contributed by atoms with Crippen molar-refractivity contribution in [3.8, 4) is 5.69 Å². The maximum atomic E-state index is 13.7. The molecule has 27 heavy (non-hydrogen) atoms. The summed E-state index contributed by atoms with van der Waals surface area (Å²) in [4.78, 5) is 36.3. The van der Waals surface area contributed by atoms with Gasteiger partial charge in [0.05, 0.1) is 5.56 Å². The molecule has 0 saturated carbocycles. The first-order valence-electron chi connectivity index (χ1n) is 8.11. The van der Waals surface area contributed by atoms with E-state index in [-0.39, 0.29) is 11.1 Å². The van der Waals surface area contributed by atoms with Crippen LogP contribution in [0.3, 0.4) is 0 Å². The number of pyridine rings is 1. The molecule has 0 bridgehead atoms. The zero-order chi connectivity index (χ0) is 19.4. The summed E-state index contributed by atoms with van der Waals surface area (Å²) < 4.78 is 15.0. The van der Waals surface area contributed by atoms with Gasteiger partial charge in [0.25, 0.3) is 17.4 Å². The Labute approximate surface area is 154 Å². The van der Waals surface area contributed by atoms with E-state index in [0.717, 1.165) is 0 Å². The van der Waals surface area contributed by atoms with Gasteiger partial charge in [-0.2, -0.15) is 0 Å². The minimum atomic E-state index is -0.607. The van der Waals surface area contributed by atoms with Gasteiger partial charge < -0.3 is 10.6 Å². The molecule has 0 atom stereocenters. The van der Waals surface area contributed by atoms with Gasteiger partial charge in [-0.1, -0.05) is 12.1 Å². The maximum Gasteiger partial charge on any atom is 0.267 e. The molecule has 2 aromatic carbocycles. The number of carbonyl (C=O) groups is 2. The van der Waals surface area contributed by atoms with Crippen LogP contribution in [0.15, 0.2) is 71.7 Å². The Morgan fingerprint density at radius 3 is 2.22 bits per heavy atom. The molecular formula is C20H16FN3O3. The van der Waals surface area contributed by atoms with Crippen molar-refractivity contribution in [3.63, 3.8) is 0 Å². The Hall–Kier alpha value is -3.74. The molecule has 1 heterocycles. The maximum absolute atomic E-state index is 13.7. The van der Waals surface area contributed by atoms with E-state index in [4.69, 9.17) is 0 Å². The highest BCUT2D eigenvalue weighted by atomic mass is 19.1. The van der Waals surface area contributed by atoms with Crippen LogP contribution in [-0.2, 0) is 0 Å². The third-order valence-corrected chi connectivity index (χ3v) is 3.94. The molecule has 0 radical (unpaired) electrons. The Balaban J connectivity index is 1.84. The van der Waals surface area contributed by atoms with Crippen LogP contribution >= 0.6 is 0 Å². The molecule has 0 aliphatic rings. The molecule has 0 spiro atoms. The number of aromatic nitrogens is 1. The van der Waals surface area contributed by atoms with Crippen LogP contribution in [0.5, 0.6) is 0 Å². The zero-order valence-electron chi connectivity index (χ0n) is 14.4. The molecule has 1 aromatic heterocycles. The summed E-state index contributed by atoms with van der Waals surface area (Å²) in [6.07, 6.45) is 1.54. The summed E-state index contributed by atoms with van der Waals surface area (Å²) in [5, 5.41) is 5.02. The highest BCUT2D eigenvalue weighted by Gasteiger charge is 2.13. The number of anilines is 1. The molecule has 0 unspecified atom stereocenters. The number of amides is 2. The predicted molar refractivity (Wildman–Crippen MR) is 99.8 cm³/mol. The van der Waals surface area contributed by atoms with Crippen molar-refractivity contribution in [1.82, 2.24) is 9.88 Å². The monoisotopic (exact) mass is 365 g/mol. The molecule has 0 saturated heterocycles. The molecule has 7 heteroatoms. The van der Waals surface area contributed by atoms with Crippen LogP contribution in [0.2, 0.25) is 0 Å². The first-order chi connectivity index (χ1) is 13.0. The van der Waals surface area contributed by atoms with Crippen molar-refractivity contribution in [3.05, 3.63) is 94.2 Å². The average Bonchev–Trinajstić information content (AvgIpc) is 2.68. The van der Waals surface area contributed by atoms with E-state index in [2.05, 4.69) is 10.6 Å². The van der Waals surface area contributed by atoms with E-state index in [1.54, 1.807) is 42.6 Å². The lowest BCUT2D eigenvalue weighted by Crippen LogP contribution is -2.30. The molecule has 0 aliphatic heterocycles. The minimum Gasteiger partial charge on any atom is -0.355 e. The number of hydrogen-bond acceptors (Lipinski definition) is 3. The van der Waals surface area contributed by atoms with Crippen LogP contribution < -0.4 is 16.2 Å². The zero-order valence-corrected chi connectivity index (χ0v) is 14.4. The van der Waals surface area contributed by atoms with Crippen molar-refractivity contribution >= 4 is 17.5 Å². The summed E-state index contributed by atoms with van der Waals surface area (Å²) in [7, 11) is 1.45.